The van der Waals surface area contributed by atoms with Gasteiger partial charge in [0.2, 0.25) is 0 Å². The Morgan fingerprint density at radius 1 is 1.28 bits per heavy atom. The molecule has 1 aromatic rings. The molecule has 1 heterocycles. The topological polar surface area (TPSA) is 15.6 Å². The van der Waals surface area contributed by atoms with Gasteiger partial charge in [-0.1, -0.05) is 42.5 Å². The highest BCUT2D eigenvalue weighted by atomic mass is 32.2. The molecule has 0 saturated carbocycles. The zero-order chi connectivity index (χ0) is 13.2. The fourth-order valence-electron chi connectivity index (χ4n) is 2.18. The molecule has 0 radical (unpaired) electrons. The SMILES string of the molecule is CC1=NSC(N(C)C)C1(C)C=Cc1ccccc1. The van der Waals surface area contributed by atoms with Crippen molar-refractivity contribution in [3.8, 4) is 0 Å². The van der Waals surface area contributed by atoms with Crippen LogP contribution in [0.5, 0.6) is 0 Å². The summed E-state index contributed by atoms with van der Waals surface area (Å²) in [5.41, 5.74) is 2.43. The molecular formula is C15H20N2S. The lowest BCUT2D eigenvalue weighted by molar-refractivity contribution is 0.305. The first-order valence-electron chi connectivity index (χ1n) is 6.15. The van der Waals surface area contributed by atoms with Gasteiger partial charge >= 0.3 is 0 Å². The van der Waals surface area contributed by atoms with Gasteiger partial charge in [-0.25, -0.2) is 4.40 Å². The molecule has 1 aromatic carbocycles. The first-order chi connectivity index (χ1) is 8.54. The van der Waals surface area contributed by atoms with Gasteiger partial charge in [-0.05, 0) is 45.5 Å². The normalized spacial score (nSPS) is 28.1. The third-order valence-corrected chi connectivity index (χ3v) is 4.96. The van der Waals surface area contributed by atoms with Crippen molar-refractivity contribution in [1.29, 1.82) is 0 Å². The van der Waals surface area contributed by atoms with E-state index >= 15 is 0 Å². The minimum Gasteiger partial charge on any atom is -0.295 e. The van der Waals surface area contributed by atoms with Gasteiger partial charge in [-0.3, -0.25) is 4.90 Å². The Labute approximate surface area is 114 Å². The monoisotopic (exact) mass is 260 g/mol. The molecule has 0 N–H and O–H groups in total. The lowest BCUT2D eigenvalue weighted by Gasteiger charge is -2.32. The molecule has 96 valence electrons. The van der Waals surface area contributed by atoms with Crippen molar-refractivity contribution >= 4 is 23.7 Å². The van der Waals surface area contributed by atoms with Gasteiger partial charge in [-0.15, -0.1) is 0 Å². The van der Waals surface area contributed by atoms with Crippen LogP contribution in [0.2, 0.25) is 0 Å². The fraction of sp³-hybridized carbons (Fsp3) is 0.400. The van der Waals surface area contributed by atoms with Crippen molar-refractivity contribution in [2.45, 2.75) is 19.2 Å². The highest BCUT2D eigenvalue weighted by molar-refractivity contribution is 7.99. The standard InChI is InChI=1S/C15H20N2S/c1-12-15(2,14(17(3)4)18-16-12)11-10-13-8-6-5-7-9-13/h5-11,14H,1-4H3. The van der Waals surface area contributed by atoms with E-state index in [0.717, 1.165) is 0 Å². The quantitative estimate of drug-likeness (QED) is 0.770. The number of hydrogen-bond acceptors (Lipinski definition) is 3. The van der Waals surface area contributed by atoms with E-state index in [4.69, 9.17) is 0 Å². The van der Waals surface area contributed by atoms with Crippen LogP contribution in [0, 0.1) is 5.41 Å². The van der Waals surface area contributed by atoms with Crippen molar-refractivity contribution < 1.29 is 0 Å². The molecule has 18 heavy (non-hydrogen) atoms. The van der Waals surface area contributed by atoms with Crippen LogP contribution in [-0.2, 0) is 0 Å². The third kappa shape index (κ3) is 2.52. The van der Waals surface area contributed by atoms with Crippen LogP contribution in [0.1, 0.15) is 19.4 Å². The van der Waals surface area contributed by atoms with Gasteiger partial charge in [0, 0.05) is 5.71 Å². The van der Waals surface area contributed by atoms with Crippen molar-refractivity contribution in [3.63, 3.8) is 0 Å². The molecule has 0 spiro atoms. The van der Waals surface area contributed by atoms with Gasteiger partial charge < -0.3 is 0 Å². The fourth-order valence-corrected chi connectivity index (χ4v) is 3.29. The largest absolute Gasteiger partial charge is 0.295 e. The van der Waals surface area contributed by atoms with Gasteiger partial charge in [-0.2, -0.15) is 0 Å². The Morgan fingerprint density at radius 2 is 1.94 bits per heavy atom. The maximum absolute atomic E-state index is 4.54. The summed E-state index contributed by atoms with van der Waals surface area (Å²) in [5, 5.41) is 0.373. The predicted octanol–water partition coefficient (Wildman–Crippen LogP) is 3.72. The Morgan fingerprint density at radius 3 is 2.56 bits per heavy atom. The average molecular weight is 260 g/mol. The Bertz CT molecular complexity index is 465. The number of benzene rings is 1. The predicted molar refractivity (Wildman–Crippen MR) is 81.8 cm³/mol. The minimum atomic E-state index is 0.00398. The first kappa shape index (κ1) is 13.4. The Balaban J connectivity index is 2.25. The Hall–Kier alpha value is -1.06. The van der Waals surface area contributed by atoms with Crippen LogP contribution in [-0.4, -0.2) is 30.1 Å². The zero-order valence-corrected chi connectivity index (χ0v) is 12.2. The molecule has 2 atom stereocenters. The summed E-state index contributed by atoms with van der Waals surface area (Å²) in [6.07, 6.45) is 4.48. The molecule has 1 aliphatic heterocycles. The van der Waals surface area contributed by atoms with Gasteiger partial charge in [0.05, 0.1) is 10.8 Å². The van der Waals surface area contributed by atoms with Crippen molar-refractivity contribution in [2.24, 2.45) is 9.81 Å². The minimum absolute atomic E-state index is 0.00398. The molecule has 0 fully saturated rings. The molecule has 0 aliphatic carbocycles. The van der Waals surface area contributed by atoms with E-state index in [9.17, 15) is 0 Å². The molecule has 2 unspecified atom stereocenters. The lowest BCUT2D eigenvalue weighted by Crippen LogP contribution is -2.40. The van der Waals surface area contributed by atoms with E-state index in [1.165, 1.54) is 11.3 Å². The van der Waals surface area contributed by atoms with Crippen LogP contribution in [0.4, 0.5) is 0 Å². The second-order valence-corrected chi connectivity index (χ2v) is 5.96. The van der Waals surface area contributed by atoms with Gasteiger partial charge in [0.25, 0.3) is 0 Å². The molecule has 0 saturated heterocycles. The van der Waals surface area contributed by atoms with E-state index in [1.807, 2.05) is 6.07 Å². The lowest BCUT2D eigenvalue weighted by atomic mass is 9.84. The average Bonchev–Trinajstić information content (AvgIpc) is 2.65. The molecular weight excluding hydrogens is 240 g/mol. The molecule has 2 nitrogen and oxygen atoms in total. The first-order valence-corrected chi connectivity index (χ1v) is 6.99. The van der Waals surface area contributed by atoms with Crippen LogP contribution in [0.15, 0.2) is 40.8 Å². The highest BCUT2D eigenvalue weighted by Crippen LogP contribution is 2.42. The van der Waals surface area contributed by atoms with Crippen LogP contribution < -0.4 is 0 Å². The summed E-state index contributed by atoms with van der Waals surface area (Å²) >= 11 is 1.66. The second-order valence-electron chi connectivity index (χ2n) is 5.12. The Kier molecular flexibility index (Phi) is 3.93. The summed E-state index contributed by atoms with van der Waals surface area (Å²) in [4.78, 5) is 2.24. The molecule has 1 aliphatic rings. The summed E-state index contributed by atoms with van der Waals surface area (Å²) in [6, 6.07) is 10.4. The molecule has 0 aromatic heterocycles. The van der Waals surface area contributed by atoms with E-state index < -0.39 is 0 Å². The second kappa shape index (κ2) is 5.29. The molecule has 2 rings (SSSR count). The summed E-state index contributed by atoms with van der Waals surface area (Å²) in [5.74, 6) is 0. The van der Waals surface area contributed by atoms with Crippen LogP contribution in [0.25, 0.3) is 6.08 Å². The van der Waals surface area contributed by atoms with Gasteiger partial charge in [0.15, 0.2) is 0 Å². The number of nitrogens with zero attached hydrogens (tertiary/aromatic N) is 2. The van der Waals surface area contributed by atoms with Gasteiger partial charge in [0.1, 0.15) is 0 Å². The van der Waals surface area contributed by atoms with Crippen LogP contribution >= 0.6 is 11.9 Å². The van der Waals surface area contributed by atoms with Crippen LogP contribution in [0.3, 0.4) is 0 Å². The van der Waals surface area contributed by atoms with E-state index in [-0.39, 0.29) is 5.41 Å². The summed E-state index contributed by atoms with van der Waals surface area (Å²) in [7, 11) is 4.22. The maximum Gasteiger partial charge on any atom is 0.0916 e. The zero-order valence-electron chi connectivity index (χ0n) is 11.4. The summed E-state index contributed by atoms with van der Waals surface area (Å²) in [6.45, 7) is 4.38. The number of hydrogen-bond donors (Lipinski definition) is 0. The van der Waals surface area contributed by atoms with Crippen molar-refractivity contribution in [2.75, 3.05) is 14.1 Å². The molecule has 3 heteroatoms. The third-order valence-electron chi connectivity index (χ3n) is 3.47. The van der Waals surface area contributed by atoms with Crippen molar-refractivity contribution in [3.05, 3.63) is 42.0 Å². The smallest absolute Gasteiger partial charge is 0.0916 e. The summed E-state index contributed by atoms with van der Waals surface area (Å²) < 4.78 is 4.54. The van der Waals surface area contributed by atoms with E-state index in [1.54, 1.807) is 11.9 Å². The molecule has 0 bridgehead atoms. The van der Waals surface area contributed by atoms with Crippen molar-refractivity contribution in [1.82, 2.24) is 4.90 Å². The molecule has 0 amide bonds. The van der Waals surface area contributed by atoms with E-state index in [2.05, 4.69) is 73.7 Å². The highest BCUT2D eigenvalue weighted by Gasteiger charge is 2.41. The maximum atomic E-state index is 4.54. The number of rotatable bonds is 3. The van der Waals surface area contributed by atoms with E-state index in [0.29, 0.717) is 5.37 Å².